The summed E-state index contributed by atoms with van der Waals surface area (Å²) in [6, 6.07) is 6.49. The summed E-state index contributed by atoms with van der Waals surface area (Å²) in [5, 5.41) is 5.11. The topological polar surface area (TPSA) is 60.2 Å². The van der Waals surface area contributed by atoms with Crippen molar-refractivity contribution in [1.29, 1.82) is 0 Å². The number of nitrogens with two attached hydrogens (primary N) is 1. The lowest BCUT2D eigenvalue weighted by Gasteiger charge is -2.16. The monoisotopic (exact) mass is 305 g/mol. The summed E-state index contributed by atoms with van der Waals surface area (Å²) in [4.78, 5) is 0.117. The van der Waals surface area contributed by atoms with Gasteiger partial charge in [-0.15, -0.1) is 0 Å². The first-order chi connectivity index (χ1) is 9.76. The van der Waals surface area contributed by atoms with Crippen molar-refractivity contribution in [2.24, 2.45) is 16.5 Å². The third kappa shape index (κ3) is 4.87. The molecule has 0 amide bonds. The van der Waals surface area contributed by atoms with Gasteiger partial charge < -0.3 is 0 Å². The Morgan fingerprint density at radius 2 is 2.14 bits per heavy atom. The van der Waals surface area contributed by atoms with Crippen LogP contribution in [0.1, 0.15) is 51.5 Å². The molecule has 21 heavy (non-hydrogen) atoms. The zero-order chi connectivity index (χ0) is 15.5. The summed E-state index contributed by atoms with van der Waals surface area (Å²) in [6.45, 7) is 4.66. The van der Waals surface area contributed by atoms with Crippen molar-refractivity contribution in [2.45, 2.75) is 50.8 Å². The lowest BCUT2D eigenvalue weighted by atomic mass is 9.89. The fraction of sp³-hybridized carbons (Fsp3) is 0.529. The molecule has 3 nitrogen and oxygen atoms in total. The molecule has 0 spiro atoms. The number of hydrogen-bond acceptors (Lipinski definition) is 2. The second-order valence-electron chi connectivity index (χ2n) is 6.69. The summed E-state index contributed by atoms with van der Waals surface area (Å²) in [5.74, 6) is 6.96. The highest BCUT2D eigenvalue weighted by molar-refractivity contribution is 7.89. The summed E-state index contributed by atoms with van der Waals surface area (Å²) in [6.07, 6.45) is 5.89. The minimum Gasteiger partial charge on any atom is -0.225 e. The number of sulfonamides is 1. The Bertz CT molecular complexity index is 666. The van der Waals surface area contributed by atoms with Crippen molar-refractivity contribution in [3.8, 4) is 11.8 Å². The summed E-state index contributed by atoms with van der Waals surface area (Å²) < 4.78 is 22.6. The van der Waals surface area contributed by atoms with E-state index in [0.29, 0.717) is 11.0 Å². The first-order valence-electron chi connectivity index (χ1n) is 7.38. The van der Waals surface area contributed by atoms with Crippen LogP contribution in [0.4, 0.5) is 0 Å². The van der Waals surface area contributed by atoms with Crippen LogP contribution in [0.25, 0.3) is 0 Å². The molecule has 1 atom stereocenters. The van der Waals surface area contributed by atoms with Gasteiger partial charge in [0.05, 0.1) is 4.90 Å². The standard InChI is InChI=1S/C17H23NO2S/c1-17(2)11-10-15(13-17)7-4-3-6-14-8-5-9-16(12-14)21(18,19)20/h5,8-9,12,15H,4,7,10-11,13H2,1-2H3,(H2,18,19,20). The van der Waals surface area contributed by atoms with Gasteiger partial charge in [0, 0.05) is 12.0 Å². The van der Waals surface area contributed by atoms with Crippen LogP contribution in [-0.2, 0) is 10.0 Å². The van der Waals surface area contributed by atoms with Gasteiger partial charge in [0.15, 0.2) is 0 Å². The zero-order valence-corrected chi connectivity index (χ0v) is 13.5. The largest absolute Gasteiger partial charge is 0.238 e. The van der Waals surface area contributed by atoms with Gasteiger partial charge >= 0.3 is 0 Å². The number of benzene rings is 1. The first kappa shape index (κ1) is 16.1. The lowest BCUT2D eigenvalue weighted by Crippen LogP contribution is -2.11. The van der Waals surface area contributed by atoms with Gasteiger partial charge in [-0.1, -0.05) is 31.8 Å². The molecule has 1 saturated carbocycles. The molecule has 2 N–H and O–H groups in total. The molecule has 0 saturated heterocycles. The SMILES string of the molecule is CC1(C)CCC(CCC#Cc2cccc(S(N)(=O)=O)c2)C1. The molecule has 1 aliphatic carbocycles. The van der Waals surface area contributed by atoms with Crippen molar-refractivity contribution in [3.05, 3.63) is 29.8 Å². The van der Waals surface area contributed by atoms with Gasteiger partial charge in [-0.05, 0) is 55.2 Å². The Morgan fingerprint density at radius 1 is 1.38 bits per heavy atom. The van der Waals surface area contributed by atoms with Crippen LogP contribution in [0, 0.1) is 23.2 Å². The Labute approximate surface area is 128 Å². The van der Waals surface area contributed by atoms with Gasteiger partial charge in [0.25, 0.3) is 0 Å². The van der Waals surface area contributed by atoms with Crippen LogP contribution in [-0.4, -0.2) is 8.42 Å². The van der Waals surface area contributed by atoms with E-state index in [-0.39, 0.29) is 4.90 Å². The maximum absolute atomic E-state index is 11.3. The highest BCUT2D eigenvalue weighted by atomic mass is 32.2. The van der Waals surface area contributed by atoms with Gasteiger partial charge in [0.1, 0.15) is 0 Å². The van der Waals surface area contributed by atoms with E-state index in [1.807, 2.05) is 0 Å². The molecule has 0 aromatic heterocycles. The predicted octanol–water partition coefficient (Wildman–Crippen LogP) is 3.29. The van der Waals surface area contributed by atoms with Crippen molar-refractivity contribution >= 4 is 10.0 Å². The minimum atomic E-state index is -3.65. The first-order valence-corrected chi connectivity index (χ1v) is 8.93. The Kier molecular flexibility index (Phi) is 4.75. The Hall–Kier alpha value is -1.31. The van der Waals surface area contributed by atoms with Crippen LogP contribution in [0.2, 0.25) is 0 Å². The maximum atomic E-state index is 11.3. The fourth-order valence-corrected chi connectivity index (χ4v) is 3.58. The average molecular weight is 305 g/mol. The van der Waals surface area contributed by atoms with Crippen molar-refractivity contribution in [1.82, 2.24) is 0 Å². The van der Waals surface area contributed by atoms with Crippen molar-refractivity contribution in [2.75, 3.05) is 0 Å². The van der Waals surface area contributed by atoms with E-state index in [0.717, 1.165) is 18.8 Å². The molecule has 0 bridgehead atoms. The Morgan fingerprint density at radius 3 is 2.76 bits per heavy atom. The quantitative estimate of drug-likeness (QED) is 0.871. The molecule has 1 aromatic rings. The van der Waals surface area contributed by atoms with E-state index in [1.54, 1.807) is 12.1 Å². The third-order valence-electron chi connectivity index (χ3n) is 4.14. The van der Waals surface area contributed by atoms with Crippen LogP contribution >= 0.6 is 0 Å². The van der Waals surface area contributed by atoms with Gasteiger partial charge in [0.2, 0.25) is 10.0 Å². The number of rotatable bonds is 3. The lowest BCUT2D eigenvalue weighted by molar-refractivity contribution is 0.355. The van der Waals surface area contributed by atoms with E-state index in [1.165, 1.54) is 31.4 Å². The van der Waals surface area contributed by atoms with Crippen LogP contribution in [0.3, 0.4) is 0 Å². The van der Waals surface area contributed by atoms with E-state index >= 15 is 0 Å². The molecule has 0 heterocycles. The van der Waals surface area contributed by atoms with Crippen molar-refractivity contribution in [3.63, 3.8) is 0 Å². The highest BCUT2D eigenvalue weighted by Crippen LogP contribution is 2.42. The van der Waals surface area contributed by atoms with E-state index in [9.17, 15) is 8.42 Å². The second kappa shape index (κ2) is 6.21. The summed E-state index contributed by atoms with van der Waals surface area (Å²) >= 11 is 0. The number of primary sulfonamides is 1. The summed E-state index contributed by atoms with van der Waals surface area (Å²) in [5.41, 5.74) is 1.19. The van der Waals surface area contributed by atoms with Gasteiger partial charge in [-0.25, -0.2) is 13.6 Å². The number of hydrogen-bond donors (Lipinski definition) is 1. The molecule has 114 valence electrons. The highest BCUT2D eigenvalue weighted by Gasteiger charge is 2.29. The minimum absolute atomic E-state index is 0.117. The molecule has 4 heteroatoms. The maximum Gasteiger partial charge on any atom is 0.238 e. The molecule has 1 aromatic carbocycles. The van der Waals surface area contributed by atoms with Gasteiger partial charge in [-0.3, -0.25) is 0 Å². The molecule has 1 aliphatic rings. The molecular formula is C17H23NO2S. The predicted molar refractivity (Wildman–Crippen MR) is 85.0 cm³/mol. The van der Waals surface area contributed by atoms with Crippen LogP contribution < -0.4 is 5.14 Å². The van der Waals surface area contributed by atoms with E-state index in [2.05, 4.69) is 25.7 Å². The van der Waals surface area contributed by atoms with Gasteiger partial charge in [-0.2, -0.15) is 0 Å². The average Bonchev–Trinajstić information content (AvgIpc) is 2.74. The normalized spacial score (nSPS) is 20.8. The van der Waals surface area contributed by atoms with Crippen molar-refractivity contribution < 1.29 is 8.42 Å². The molecule has 2 rings (SSSR count). The second-order valence-corrected chi connectivity index (χ2v) is 8.25. The van der Waals surface area contributed by atoms with E-state index < -0.39 is 10.0 Å². The van der Waals surface area contributed by atoms with Crippen LogP contribution in [0.15, 0.2) is 29.2 Å². The molecule has 0 radical (unpaired) electrons. The molecule has 1 fully saturated rings. The van der Waals surface area contributed by atoms with Crippen LogP contribution in [0.5, 0.6) is 0 Å². The smallest absolute Gasteiger partial charge is 0.225 e. The Balaban J connectivity index is 1.92. The third-order valence-corrected chi connectivity index (χ3v) is 5.05. The molecular weight excluding hydrogens is 282 g/mol. The van der Waals surface area contributed by atoms with E-state index in [4.69, 9.17) is 5.14 Å². The molecule has 0 aliphatic heterocycles. The molecule has 1 unspecified atom stereocenters. The summed E-state index contributed by atoms with van der Waals surface area (Å²) in [7, 11) is -3.65. The zero-order valence-electron chi connectivity index (χ0n) is 12.7. The fourth-order valence-electron chi connectivity index (χ4n) is 3.02.